The molecular weight excluding hydrogens is 348 g/mol. The molecular formula is C19H26N4O2S. The normalized spacial score (nSPS) is 14.6. The second-order valence-corrected chi connectivity index (χ2v) is 7.38. The van der Waals surface area contributed by atoms with Crippen molar-refractivity contribution in [2.24, 2.45) is 0 Å². The number of anilines is 1. The van der Waals surface area contributed by atoms with E-state index in [1.54, 1.807) is 16.7 Å². The molecule has 2 heterocycles. The molecule has 0 unspecified atom stereocenters. The number of likely N-dealkylation sites (N-methyl/N-ethyl adjacent to an activating group) is 1. The van der Waals surface area contributed by atoms with Crippen LogP contribution in [0.15, 0.2) is 30.5 Å². The molecule has 0 atom stereocenters. The van der Waals surface area contributed by atoms with Gasteiger partial charge in [0, 0.05) is 35.9 Å². The van der Waals surface area contributed by atoms with Crippen LogP contribution in [0.3, 0.4) is 0 Å². The summed E-state index contributed by atoms with van der Waals surface area (Å²) in [5, 5.41) is 4.01. The lowest BCUT2D eigenvalue weighted by Crippen LogP contribution is -2.34. The van der Waals surface area contributed by atoms with Crippen LogP contribution >= 0.6 is 11.8 Å². The Labute approximate surface area is 158 Å². The molecule has 2 amide bonds. The number of nitrogens with zero attached hydrogens (tertiary/aromatic N) is 3. The molecule has 0 radical (unpaired) electrons. The molecule has 3 rings (SSSR count). The molecule has 140 valence electrons. The van der Waals surface area contributed by atoms with Crippen LogP contribution in [0, 0.1) is 0 Å². The minimum Gasteiger partial charge on any atom is -0.346 e. The monoisotopic (exact) mass is 374 g/mol. The highest BCUT2D eigenvalue weighted by atomic mass is 32.2. The van der Waals surface area contributed by atoms with E-state index in [4.69, 9.17) is 0 Å². The third-order valence-corrected chi connectivity index (χ3v) is 5.71. The summed E-state index contributed by atoms with van der Waals surface area (Å²) in [6, 6.07) is 8.04. The van der Waals surface area contributed by atoms with E-state index < -0.39 is 0 Å². The average molecular weight is 375 g/mol. The summed E-state index contributed by atoms with van der Waals surface area (Å²) in [4.78, 5) is 27.8. The average Bonchev–Trinajstić information content (AvgIpc) is 3.22. The molecule has 1 aliphatic heterocycles. The number of benzene rings is 1. The molecule has 0 bridgehead atoms. The Balaban J connectivity index is 1.62. The predicted molar refractivity (Wildman–Crippen MR) is 107 cm³/mol. The highest BCUT2D eigenvalue weighted by molar-refractivity contribution is 8.00. The van der Waals surface area contributed by atoms with E-state index in [2.05, 4.69) is 40.9 Å². The molecule has 1 aromatic carbocycles. The van der Waals surface area contributed by atoms with Crippen LogP contribution < -0.4 is 5.32 Å². The number of carbonyl (C=O) groups excluding carboxylic acids is 2. The van der Waals surface area contributed by atoms with Gasteiger partial charge in [0.15, 0.2) is 0 Å². The number of amides is 2. The quantitative estimate of drug-likeness (QED) is 0.771. The van der Waals surface area contributed by atoms with E-state index in [0.717, 1.165) is 37.3 Å². The summed E-state index contributed by atoms with van der Waals surface area (Å²) in [7, 11) is 0. The molecule has 1 aliphatic rings. The lowest BCUT2D eigenvalue weighted by Gasteiger charge is -2.18. The first-order valence-corrected chi connectivity index (χ1v) is 10.2. The van der Waals surface area contributed by atoms with Gasteiger partial charge in [-0.25, -0.2) is 0 Å². The number of rotatable bonds is 8. The van der Waals surface area contributed by atoms with Crippen molar-refractivity contribution in [2.45, 2.75) is 20.4 Å². The Hall–Kier alpha value is -1.99. The van der Waals surface area contributed by atoms with Crippen molar-refractivity contribution in [3.8, 4) is 0 Å². The first-order chi connectivity index (χ1) is 12.6. The van der Waals surface area contributed by atoms with Crippen molar-refractivity contribution in [1.29, 1.82) is 0 Å². The zero-order valence-electron chi connectivity index (χ0n) is 15.4. The highest BCUT2D eigenvalue weighted by Crippen LogP contribution is 2.21. The summed E-state index contributed by atoms with van der Waals surface area (Å²) in [6.45, 7) is 8.58. The second-order valence-electron chi connectivity index (χ2n) is 6.43. The summed E-state index contributed by atoms with van der Waals surface area (Å²) in [5.41, 5.74) is 1.93. The zero-order valence-corrected chi connectivity index (χ0v) is 16.2. The fraction of sp³-hybridized carbons (Fsp3) is 0.474. The van der Waals surface area contributed by atoms with Gasteiger partial charge in [-0.1, -0.05) is 13.8 Å². The number of hydrogen-bond donors (Lipinski definition) is 1. The van der Waals surface area contributed by atoms with Gasteiger partial charge in [-0.2, -0.15) is 0 Å². The number of aromatic nitrogens is 1. The molecule has 0 spiro atoms. The van der Waals surface area contributed by atoms with Crippen LogP contribution in [-0.4, -0.2) is 64.0 Å². The van der Waals surface area contributed by atoms with Gasteiger partial charge < -0.3 is 19.7 Å². The number of carbonyl (C=O) groups is 2. The van der Waals surface area contributed by atoms with Crippen LogP contribution in [-0.2, 0) is 16.1 Å². The minimum atomic E-state index is -0.152. The fourth-order valence-electron chi connectivity index (χ4n) is 3.18. The van der Waals surface area contributed by atoms with Crippen molar-refractivity contribution in [2.75, 3.05) is 43.1 Å². The minimum absolute atomic E-state index is 0.0332. The van der Waals surface area contributed by atoms with Gasteiger partial charge in [0.25, 0.3) is 0 Å². The molecule has 1 N–H and O–H groups in total. The number of fused-ring (bicyclic) bond motifs is 1. The summed E-state index contributed by atoms with van der Waals surface area (Å²) in [6.07, 6.45) is 2.10. The van der Waals surface area contributed by atoms with Gasteiger partial charge in [0.2, 0.25) is 11.8 Å². The maximum Gasteiger partial charge on any atom is 0.244 e. The van der Waals surface area contributed by atoms with Crippen LogP contribution in [0.25, 0.3) is 10.9 Å². The number of thioether (sulfide) groups is 1. The summed E-state index contributed by atoms with van der Waals surface area (Å²) in [5.74, 6) is 0.952. The predicted octanol–water partition coefficient (Wildman–Crippen LogP) is 2.45. The van der Waals surface area contributed by atoms with E-state index in [1.807, 2.05) is 18.2 Å². The van der Waals surface area contributed by atoms with Gasteiger partial charge in [-0.3, -0.25) is 9.59 Å². The van der Waals surface area contributed by atoms with E-state index in [0.29, 0.717) is 11.6 Å². The van der Waals surface area contributed by atoms with Crippen LogP contribution in [0.5, 0.6) is 0 Å². The third-order valence-electron chi connectivity index (χ3n) is 4.77. The number of hydrogen-bond acceptors (Lipinski definition) is 4. The Kier molecular flexibility index (Phi) is 6.21. The Morgan fingerprint density at radius 3 is 2.77 bits per heavy atom. The Morgan fingerprint density at radius 2 is 2.08 bits per heavy atom. The standard InChI is InChI=1S/C19H26N4O2S/c1-3-21(4-2)9-10-22-8-7-15-11-16(5-6-17(15)22)20-18(24)12-23-14-26-13-19(23)25/h5-8,11H,3-4,9-10,12-14H2,1-2H3,(H,20,24). The fourth-order valence-corrected chi connectivity index (χ4v) is 4.08. The van der Waals surface area contributed by atoms with Gasteiger partial charge in [0.1, 0.15) is 6.54 Å². The topological polar surface area (TPSA) is 57.6 Å². The molecule has 0 saturated carbocycles. The van der Waals surface area contributed by atoms with Crippen molar-refractivity contribution >= 4 is 40.2 Å². The molecule has 2 aromatic rings. The maximum atomic E-state index is 12.2. The summed E-state index contributed by atoms with van der Waals surface area (Å²) >= 11 is 1.54. The van der Waals surface area contributed by atoms with Crippen LogP contribution in [0.4, 0.5) is 5.69 Å². The van der Waals surface area contributed by atoms with Crippen molar-refractivity contribution in [3.05, 3.63) is 30.5 Å². The van der Waals surface area contributed by atoms with E-state index in [-0.39, 0.29) is 18.4 Å². The molecule has 1 fully saturated rings. The van der Waals surface area contributed by atoms with E-state index >= 15 is 0 Å². The first-order valence-electron chi connectivity index (χ1n) is 9.07. The molecule has 6 nitrogen and oxygen atoms in total. The second kappa shape index (κ2) is 8.60. The van der Waals surface area contributed by atoms with Crippen LogP contribution in [0.2, 0.25) is 0 Å². The van der Waals surface area contributed by atoms with Crippen LogP contribution in [0.1, 0.15) is 13.8 Å². The molecule has 26 heavy (non-hydrogen) atoms. The lowest BCUT2D eigenvalue weighted by molar-refractivity contribution is -0.130. The smallest absolute Gasteiger partial charge is 0.244 e. The first kappa shape index (κ1) is 18.8. The van der Waals surface area contributed by atoms with E-state index in [9.17, 15) is 9.59 Å². The van der Waals surface area contributed by atoms with Gasteiger partial charge >= 0.3 is 0 Å². The Bertz CT molecular complexity index is 785. The maximum absolute atomic E-state index is 12.2. The SMILES string of the molecule is CCN(CC)CCn1ccc2cc(NC(=O)CN3CSCC3=O)ccc21. The van der Waals surface area contributed by atoms with Crippen molar-refractivity contribution in [3.63, 3.8) is 0 Å². The molecule has 7 heteroatoms. The van der Waals surface area contributed by atoms with Gasteiger partial charge in [-0.15, -0.1) is 11.8 Å². The molecule has 0 aliphatic carbocycles. The largest absolute Gasteiger partial charge is 0.346 e. The molecule has 1 saturated heterocycles. The number of nitrogens with one attached hydrogen (secondary N) is 1. The summed E-state index contributed by atoms with van der Waals surface area (Å²) < 4.78 is 2.25. The van der Waals surface area contributed by atoms with Gasteiger partial charge in [-0.05, 0) is 37.4 Å². The van der Waals surface area contributed by atoms with E-state index in [1.165, 1.54) is 5.52 Å². The third kappa shape index (κ3) is 4.40. The van der Waals surface area contributed by atoms with Crippen molar-refractivity contribution < 1.29 is 9.59 Å². The highest BCUT2D eigenvalue weighted by Gasteiger charge is 2.22. The zero-order chi connectivity index (χ0) is 18.5. The lowest BCUT2D eigenvalue weighted by atomic mass is 10.2. The molecule has 1 aromatic heterocycles. The van der Waals surface area contributed by atoms with Crippen molar-refractivity contribution in [1.82, 2.24) is 14.4 Å². The Morgan fingerprint density at radius 1 is 1.27 bits per heavy atom. The van der Waals surface area contributed by atoms with Gasteiger partial charge in [0.05, 0.1) is 11.6 Å².